The molecule has 2 rings (SSSR count). The molecule has 0 aromatic heterocycles. The molecule has 1 fully saturated rings. The first-order chi connectivity index (χ1) is 8.64. The summed E-state index contributed by atoms with van der Waals surface area (Å²) in [6.07, 6.45) is 0.965. The molecule has 2 atom stereocenters. The summed E-state index contributed by atoms with van der Waals surface area (Å²) in [5.74, 6) is 0.291. The summed E-state index contributed by atoms with van der Waals surface area (Å²) in [5.41, 5.74) is 8.42. The van der Waals surface area contributed by atoms with Gasteiger partial charge in [-0.15, -0.1) is 0 Å². The van der Waals surface area contributed by atoms with E-state index in [0.717, 1.165) is 22.6 Å². The van der Waals surface area contributed by atoms with Gasteiger partial charge < -0.3 is 10.5 Å². The van der Waals surface area contributed by atoms with Gasteiger partial charge in [0.1, 0.15) is 0 Å². The molecule has 0 radical (unpaired) electrons. The Labute approximate surface area is 121 Å². The summed E-state index contributed by atoms with van der Waals surface area (Å²) in [7, 11) is 0. The van der Waals surface area contributed by atoms with Gasteiger partial charge in [0.25, 0.3) is 0 Å². The normalized spacial score (nSPS) is 26.4. The fourth-order valence-electron chi connectivity index (χ4n) is 3.37. The van der Waals surface area contributed by atoms with Gasteiger partial charge in [0.05, 0.1) is 11.2 Å². The van der Waals surface area contributed by atoms with Crippen LogP contribution in [-0.4, -0.2) is 11.2 Å². The van der Waals surface area contributed by atoms with E-state index in [1.165, 1.54) is 0 Å². The van der Waals surface area contributed by atoms with Crippen LogP contribution in [0.1, 0.15) is 51.3 Å². The zero-order valence-electron chi connectivity index (χ0n) is 12.5. The number of ether oxygens (including phenoxy) is 1. The van der Waals surface area contributed by atoms with Crippen LogP contribution in [0.5, 0.6) is 0 Å². The van der Waals surface area contributed by atoms with Gasteiger partial charge in [-0.2, -0.15) is 0 Å². The van der Waals surface area contributed by atoms with E-state index in [4.69, 9.17) is 22.1 Å². The third-order valence-electron chi connectivity index (χ3n) is 4.25. The molecule has 0 amide bonds. The van der Waals surface area contributed by atoms with E-state index in [1.807, 2.05) is 19.1 Å². The second-order valence-corrected chi connectivity index (χ2v) is 7.16. The van der Waals surface area contributed by atoms with Crippen LogP contribution in [0.3, 0.4) is 0 Å². The molecule has 1 aromatic carbocycles. The molecule has 0 spiro atoms. The zero-order chi connectivity index (χ0) is 14.4. The van der Waals surface area contributed by atoms with E-state index >= 15 is 0 Å². The Morgan fingerprint density at radius 1 is 1.32 bits per heavy atom. The molecule has 19 heavy (non-hydrogen) atoms. The first kappa shape index (κ1) is 14.8. The van der Waals surface area contributed by atoms with E-state index in [0.29, 0.717) is 5.92 Å². The lowest BCUT2D eigenvalue weighted by Gasteiger charge is -2.32. The number of benzene rings is 1. The molecule has 0 aliphatic carbocycles. The summed E-state index contributed by atoms with van der Waals surface area (Å²) in [6, 6.07) is 5.91. The highest BCUT2D eigenvalue weighted by Crippen LogP contribution is 2.47. The molecule has 1 aliphatic heterocycles. The number of halogens is 1. The minimum atomic E-state index is -0.211. The van der Waals surface area contributed by atoms with Crippen LogP contribution in [0.2, 0.25) is 5.02 Å². The van der Waals surface area contributed by atoms with Gasteiger partial charge in [0.2, 0.25) is 0 Å². The van der Waals surface area contributed by atoms with Crippen LogP contribution in [0.15, 0.2) is 18.2 Å². The lowest BCUT2D eigenvalue weighted by atomic mass is 9.78. The standard InChI is InChI=1S/C16H24ClNO/c1-10-11(7-6-8-13(10)17)14(18)12-9-15(2,3)19-16(12,4)5/h6-8,12,14H,9,18H2,1-5H3. The Balaban J connectivity index is 2.34. The first-order valence-corrected chi connectivity index (χ1v) is 7.23. The molecule has 0 bridgehead atoms. The SMILES string of the molecule is Cc1c(Cl)cccc1C(N)C1CC(C)(C)OC1(C)C. The summed E-state index contributed by atoms with van der Waals surface area (Å²) in [6.45, 7) is 10.6. The predicted molar refractivity (Wildman–Crippen MR) is 80.5 cm³/mol. The summed E-state index contributed by atoms with van der Waals surface area (Å²) >= 11 is 6.20. The maximum absolute atomic E-state index is 6.53. The quantitative estimate of drug-likeness (QED) is 0.880. The minimum Gasteiger partial charge on any atom is -0.369 e. The largest absolute Gasteiger partial charge is 0.369 e. The summed E-state index contributed by atoms with van der Waals surface area (Å²) < 4.78 is 6.15. The van der Waals surface area contributed by atoms with Crippen molar-refractivity contribution in [1.82, 2.24) is 0 Å². The van der Waals surface area contributed by atoms with Crippen molar-refractivity contribution < 1.29 is 4.74 Å². The fourth-order valence-corrected chi connectivity index (χ4v) is 3.55. The van der Waals surface area contributed by atoms with Crippen LogP contribution >= 0.6 is 11.6 Å². The Kier molecular flexibility index (Phi) is 3.72. The first-order valence-electron chi connectivity index (χ1n) is 6.85. The van der Waals surface area contributed by atoms with E-state index in [-0.39, 0.29) is 17.2 Å². The van der Waals surface area contributed by atoms with Gasteiger partial charge in [0.15, 0.2) is 0 Å². The van der Waals surface area contributed by atoms with Gasteiger partial charge in [0, 0.05) is 17.0 Å². The van der Waals surface area contributed by atoms with Crippen LogP contribution < -0.4 is 5.73 Å². The lowest BCUT2D eigenvalue weighted by Crippen LogP contribution is -2.36. The molecule has 1 saturated heterocycles. The topological polar surface area (TPSA) is 35.2 Å². The zero-order valence-corrected chi connectivity index (χ0v) is 13.2. The smallest absolute Gasteiger partial charge is 0.0680 e. The average Bonchev–Trinajstić information content (AvgIpc) is 2.50. The Morgan fingerprint density at radius 2 is 1.95 bits per heavy atom. The molecular formula is C16H24ClNO. The fraction of sp³-hybridized carbons (Fsp3) is 0.625. The van der Waals surface area contributed by atoms with E-state index in [9.17, 15) is 0 Å². The molecule has 2 nitrogen and oxygen atoms in total. The van der Waals surface area contributed by atoms with Gasteiger partial charge in [-0.1, -0.05) is 23.7 Å². The number of hydrogen-bond acceptors (Lipinski definition) is 2. The van der Waals surface area contributed by atoms with Crippen LogP contribution in [-0.2, 0) is 4.74 Å². The molecule has 1 aromatic rings. The second-order valence-electron chi connectivity index (χ2n) is 6.76. The maximum Gasteiger partial charge on any atom is 0.0680 e. The third-order valence-corrected chi connectivity index (χ3v) is 4.66. The van der Waals surface area contributed by atoms with Crippen LogP contribution in [0.4, 0.5) is 0 Å². The minimum absolute atomic E-state index is 0.0459. The monoisotopic (exact) mass is 281 g/mol. The van der Waals surface area contributed by atoms with E-state index < -0.39 is 0 Å². The van der Waals surface area contributed by atoms with E-state index in [2.05, 4.69) is 33.8 Å². The molecule has 1 heterocycles. The maximum atomic E-state index is 6.53. The predicted octanol–water partition coefficient (Wildman–Crippen LogP) is 4.24. The van der Waals surface area contributed by atoms with Gasteiger partial charge in [-0.05, 0) is 58.2 Å². The highest BCUT2D eigenvalue weighted by Gasteiger charge is 2.48. The molecule has 3 heteroatoms. The number of nitrogens with two attached hydrogens (primary N) is 1. The highest BCUT2D eigenvalue weighted by atomic mass is 35.5. The Bertz CT molecular complexity index is 482. The molecule has 106 valence electrons. The van der Waals surface area contributed by atoms with Crippen molar-refractivity contribution in [2.75, 3.05) is 0 Å². The Morgan fingerprint density at radius 3 is 2.47 bits per heavy atom. The van der Waals surface area contributed by atoms with Crippen LogP contribution in [0.25, 0.3) is 0 Å². The average molecular weight is 282 g/mol. The van der Waals surface area contributed by atoms with Gasteiger partial charge in [-0.3, -0.25) is 0 Å². The van der Waals surface area contributed by atoms with Crippen molar-refractivity contribution >= 4 is 11.6 Å². The van der Waals surface area contributed by atoms with Crippen LogP contribution in [0, 0.1) is 12.8 Å². The second kappa shape index (κ2) is 4.76. The third kappa shape index (κ3) is 2.81. The van der Waals surface area contributed by atoms with Crippen molar-refractivity contribution in [3.8, 4) is 0 Å². The molecule has 1 aliphatic rings. The van der Waals surface area contributed by atoms with Crippen molar-refractivity contribution in [2.45, 2.75) is 58.3 Å². The molecule has 2 unspecified atom stereocenters. The van der Waals surface area contributed by atoms with Crippen molar-refractivity contribution in [2.24, 2.45) is 11.7 Å². The summed E-state index contributed by atoms with van der Waals surface area (Å²) in [5, 5.41) is 0.781. The molecule has 2 N–H and O–H groups in total. The lowest BCUT2D eigenvalue weighted by molar-refractivity contribution is -0.0767. The number of rotatable bonds is 2. The molecular weight excluding hydrogens is 258 g/mol. The number of hydrogen-bond donors (Lipinski definition) is 1. The molecule has 0 saturated carbocycles. The Hall–Kier alpha value is -0.570. The summed E-state index contributed by atoms with van der Waals surface area (Å²) in [4.78, 5) is 0. The van der Waals surface area contributed by atoms with Crippen molar-refractivity contribution in [1.29, 1.82) is 0 Å². The van der Waals surface area contributed by atoms with Gasteiger partial charge in [-0.25, -0.2) is 0 Å². The van der Waals surface area contributed by atoms with Crippen molar-refractivity contribution in [3.05, 3.63) is 34.3 Å². The van der Waals surface area contributed by atoms with Crippen molar-refractivity contribution in [3.63, 3.8) is 0 Å². The highest BCUT2D eigenvalue weighted by molar-refractivity contribution is 6.31. The van der Waals surface area contributed by atoms with Gasteiger partial charge >= 0.3 is 0 Å². The van der Waals surface area contributed by atoms with E-state index in [1.54, 1.807) is 0 Å².